The van der Waals surface area contributed by atoms with Gasteiger partial charge in [-0.3, -0.25) is 29.4 Å². The smallest absolute Gasteiger partial charge is 0.416 e. The van der Waals surface area contributed by atoms with Gasteiger partial charge in [0.2, 0.25) is 11.7 Å². The lowest BCUT2D eigenvalue weighted by molar-refractivity contribution is -0.385. The van der Waals surface area contributed by atoms with Crippen LogP contribution >= 0.6 is 27.7 Å². The second-order valence-corrected chi connectivity index (χ2v) is 11.6. The number of para-hydroxylation sites is 1. The number of anilines is 1. The topological polar surface area (TPSA) is 113 Å². The molecule has 2 fully saturated rings. The summed E-state index contributed by atoms with van der Waals surface area (Å²) in [6, 6.07) is 16.1. The number of carbonyl (C=O) groups excluding carboxylic acids is 3. The van der Waals surface area contributed by atoms with Gasteiger partial charge in [0.15, 0.2) is 0 Å². The number of rotatable bonds is 7. The third kappa shape index (κ3) is 6.89. The van der Waals surface area contributed by atoms with Gasteiger partial charge in [0.1, 0.15) is 12.3 Å². The molecule has 0 N–H and O–H groups in total. The highest BCUT2D eigenvalue weighted by molar-refractivity contribution is 9.10. The molecule has 15 heteroatoms. The summed E-state index contributed by atoms with van der Waals surface area (Å²) in [5, 5.41) is 10.9. The number of hydrogen-bond donors (Lipinski definition) is 0. The zero-order valence-corrected chi connectivity index (χ0v) is 25.0. The Hall–Kier alpha value is -4.37. The van der Waals surface area contributed by atoms with Crippen LogP contribution in [0.2, 0.25) is 0 Å². The number of nitro benzene ring substituents is 1. The molecule has 10 nitrogen and oxygen atoms in total. The summed E-state index contributed by atoms with van der Waals surface area (Å²) in [5.41, 5.74) is -0.868. The number of ether oxygens (including phenoxy) is 1. The minimum Gasteiger partial charge on any atom is -0.449 e. The summed E-state index contributed by atoms with van der Waals surface area (Å²) in [7, 11) is 0. The van der Waals surface area contributed by atoms with Crippen molar-refractivity contribution >= 4 is 62.2 Å². The van der Waals surface area contributed by atoms with Gasteiger partial charge in [0.25, 0.3) is 11.1 Å². The molecule has 44 heavy (non-hydrogen) atoms. The molecule has 0 aliphatic carbocycles. The molecule has 0 bridgehead atoms. The van der Waals surface area contributed by atoms with Gasteiger partial charge in [-0.2, -0.15) is 13.2 Å². The normalized spacial score (nSPS) is 16.5. The number of nitrogens with zero attached hydrogens (tertiary/aromatic N) is 4. The second-order valence-electron chi connectivity index (χ2n) is 9.69. The molecular weight excluding hydrogens is 669 g/mol. The van der Waals surface area contributed by atoms with Crippen LogP contribution in [0.5, 0.6) is 11.5 Å². The zero-order valence-electron chi connectivity index (χ0n) is 22.6. The zero-order chi connectivity index (χ0) is 31.6. The molecule has 3 aromatic carbocycles. The number of hydrogen-bond acceptors (Lipinski definition) is 8. The fraction of sp³-hybridized carbons (Fsp3) is 0.207. The number of imide groups is 1. The highest BCUT2D eigenvalue weighted by atomic mass is 79.9. The predicted octanol–water partition coefficient (Wildman–Crippen LogP) is 6.55. The van der Waals surface area contributed by atoms with E-state index in [0.717, 1.165) is 16.7 Å². The lowest BCUT2D eigenvalue weighted by Gasteiger charge is -2.36. The van der Waals surface area contributed by atoms with Crippen molar-refractivity contribution in [3.8, 4) is 11.5 Å². The minimum atomic E-state index is -4.80. The fourth-order valence-corrected chi connectivity index (χ4v) is 5.84. The largest absolute Gasteiger partial charge is 0.449 e. The molecule has 0 unspecified atom stereocenters. The van der Waals surface area contributed by atoms with Gasteiger partial charge in [-0.15, -0.1) is 0 Å². The van der Waals surface area contributed by atoms with Crippen molar-refractivity contribution in [3.05, 3.63) is 97.3 Å². The Morgan fingerprint density at radius 2 is 1.68 bits per heavy atom. The van der Waals surface area contributed by atoms with Crippen LogP contribution < -0.4 is 9.64 Å². The Bertz CT molecular complexity index is 1660. The SMILES string of the molecule is O=C(CN1C(=O)S/C(=C/c2cc(Br)ccc2Oc2ccc(C(F)(F)F)cc2[N+](=O)[O-])C1=O)N1CCN(c2ccccc2)CC1. The summed E-state index contributed by atoms with van der Waals surface area (Å²) < 4.78 is 45.5. The third-order valence-corrected chi connectivity index (χ3v) is 8.28. The predicted molar refractivity (Wildman–Crippen MR) is 160 cm³/mol. The van der Waals surface area contributed by atoms with E-state index in [-0.39, 0.29) is 22.1 Å². The highest BCUT2D eigenvalue weighted by Crippen LogP contribution is 2.40. The van der Waals surface area contributed by atoms with E-state index in [2.05, 4.69) is 20.8 Å². The molecule has 0 atom stereocenters. The number of nitro groups is 1. The van der Waals surface area contributed by atoms with Gasteiger partial charge < -0.3 is 14.5 Å². The number of piperazine rings is 1. The van der Waals surface area contributed by atoms with E-state index >= 15 is 0 Å². The minimum absolute atomic E-state index is 0.0183. The number of alkyl halides is 3. The van der Waals surface area contributed by atoms with E-state index in [1.54, 1.807) is 4.90 Å². The fourth-order valence-electron chi connectivity index (χ4n) is 4.63. The van der Waals surface area contributed by atoms with Gasteiger partial charge in [-0.1, -0.05) is 34.1 Å². The molecule has 3 amide bonds. The molecule has 0 aromatic heterocycles. The molecular formula is C29H22BrF3N4O6S. The molecule has 3 aromatic rings. The highest BCUT2D eigenvalue weighted by Gasteiger charge is 2.38. The van der Waals surface area contributed by atoms with Crippen LogP contribution in [0.4, 0.5) is 29.3 Å². The van der Waals surface area contributed by atoms with Crippen molar-refractivity contribution in [2.75, 3.05) is 37.6 Å². The van der Waals surface area contributed by atoms with E-state index in [4.69, 9.17) is 4.74 Å². The van der Waals surface area contributed by atoms with Gasteiger partial charge in [0, 0.05) is 48.0 Å². The molecule has 0 spiro atoms. The molecule has 2 heterocycles. The first-order chi connectivity index (χ1) is 20.9. The molecule has 2 aliphatic rings. The van der Waals surface area contributed by atoms with Gasteiger partial charge >= 0.3 is 11.9 Å². The lowest BCUT2D eigenvalue weighted by Crippen LogP contribution is -2.51. The van der Waals surface area contributed by atoms with E-state index in [0.29, 0.717) is 54.5 Å². The van der Waals surface area contributed by atoms with E-state index in [1.165, 1.54) is 24.3 Å². The second kappa shape index (κ2) is 12.7. The van der Waals surface area contributed by atoms with Crippen molar-refractivity contribution in [1.29, 1.82) is 0 Å². The first-order valence-corrected chi connectivity index (χ1v) is 14.7. The maximum Gasteiger partial charge on any atom is 0.416 e. The lowest BCUT2D eigenvalue weighted by atomic mass is 10.1. The number of benzene rings is 3. The van der Waals surface area contributed by atoms with Crippen molar-refractivity contribution in [1.82, 2.24) is 9.80 Å². The molecule has 0 saturated carbocycles. The van der Waals surface area contributed by atoms with Gasteiger partial charge in [0.05, 0.1) is 15.4 Å². The van der Waals surface area contributed by atoms with Gasteiger partial charge in [-0.25, -0.2) is 0 Å². The quantitative estimate of drug-likeness (QED) is 0.156. The number of carbonyl (C=O) groups is 3. The summed E-state index contributed by atoms with van der Waals surface area (Å²) in [5.74, 6) is -1.55. The van der Waals surface area contributed by atoms with Crippen LogP contribution in [-0.4, -0.2) is 64.5 Å². The summed E-state index contributed by atoms with van der Waals surface area (Å²) in [6.07, 6.45) is -3.48. The maximum absolute atomic E-state index is 13.2. The molecule has 2 aliphatic heterocycles. The van der Waals surface area contributed by atoms with Crippen molar-refractivity contribution in [2.24, 2.45) is 0 Å². The monoisotopic (exact) mass is 690 g/mol. The first-order valence-electron chi connectivity index (χ1n) is 13.1. The van der Waals surface area contributed by atoms with Crippen molar-refractivity contribution in [3.63, 3.8) is 0 Å². The standard InChI is InChI=1S/C29H22BrF3N4O6S/c30-20-7-9-23(43-24-8-6-19(29(31,32)33)16-22(24)37(41)42)18(14-20)15-25-27(39)36(28(40)44-25)17-26(38)35-12-10-34(11-13-35)21-4-2-1-3-5-21/h1-9,14-16H,10-13,17H2/b25-15+. The Morgan fingerprint density at radius 1 is 1.00 bits per heavy atom. The van der Waals surface area contributed by atoms with Crippen molar-refractivity contribution in [2.45, 2.75) is 6.18 Å². The van der Waals surface area contributed by atoms with E-state index in [1.807, 2.05) is 30.3 Å². The molecule has 2 saturated heterocycles. The van der Waals surface area contributed by atoms with E-state index in [9.17, 15) is 37.7 Å². The average Bonchev–Trinajstić information content (AvgIpc) is 3.25. The van der Waals surface area contributed by atoms with Crippen LogP contribution in [-0.2, 0) is 15.8 Å². The van der Waals surface area contributed by atoms with E-state index < -0.39 is 45.8 Å². The van der Waals surface area contributed by atoms with Crippen LogP contribution in [0.15, 0.2) is 76.1 Å². The van der Waals surface area contributed by atoms with Crippen molar-refractivity contribution < 1.29 is 37.2 Å². The number of thioether (sulfide) groups is 1. The molecule has 0 radical (unpaired) electrons. The average molecular weight is 691 g/mol. The van der Waals surface area contributed by atoms with Crippen LogP contribution in [0.3, 0.4) is 0 Å². The Balaban J connectivity index is 1.31. The van der Waals surface area contributed by atoms with Gasteiger partial charge in [-0.05, 0) is 60.3 Å². The number of halogens is 4. The Labute approximate surface area is 261 Å². The van der Waals surface area contributed by atoms with Crippen LogP contribution in [0, 0.1) is 10.1 Å². The molecule has 5 rings (SSSR count). The Morgan fingerprint density at radius 3 is 2.34 bits per heavy atom. The first kappa shape index (κ1) is 31.1. The molecule has 228 valence electrons. The van der Waals surface area contributed by atoms with Crippen LogP contribution in [0.1, 0.15) is 11.1 Å². The number of amides is 3. The summed E-state index contributed by atoms with van der Waals surface area (Å²) in [6.45, 7) is 1.61. The Kier molecular flexibility index (Phi) is 8.97. The summed E-state index contributed by atoms with van der Waals surface area (Å²) >= 11 is 3.91. The maximum atomic E-state index is 13.2. The third-order valence-electron chi connectivity index (χ3n) is 6.88. The summed E-state index contributed by atoms with van der Waals surface area (Å²) in [4.78, 5) is 54.1. The van der Waals surface area contributed by atoms with Crippen LogP contribution in [0.25, 0.3) is 6.08 Å².